The molecule has 0 aromatic carbocycles. The monoisotopic (exact) mass is 397 g/mol. The van der Waals surface area contributed by atoms with Crippen LogP contribution in [0, 0.1) is 11.8 Å². The van der Waals surface area contributed by atoms with Gasteiger partial charge in [-0.15, -0.1) is 0 Å². The zero-order valence-corrected chi connectivity index (χ0v) is 19.4. The fourth-order valence-electron chi connectivity index (χ4n) is 4.31. The molecule has 2 fully saturated rings. The molecular formula is C17H32N3NaO4S. The molecule has 1 saturated heterocycles. The second kappa shape index (κ2) is 10.9. The molecule has 3 rings (SSSR count). The van der Waals surface area contributed by atoms with Gasteiger partial charge in [0, 0.05) is 48.5 Å². The molecule has 0 amide bonds. The summed E-state index contributed by atoms with van der Waals surface area (Å²) in [5, 5.41) is 8.74. The predicted molar refractivity (Wildman–Crippen MR) is 101 cm³/mol. The predicted octanol–water partition coefficient (Wildman–Crippen LogP) is -2.15. The van der Waals surface area contributed by atoms with Gasteiger partial charge in [0.25, 0.3) is 0 Å². The summed E-state index contributed by atoms with van der Waals surface area (Å²) in [5.74, 6) is 1.35. The summed E-state index contributed by atoms with van der Waals surface area (Å²) in [5.41, 5.74) is 0. The minimum Gasteiger partial charge on any atom is -0.455 e. The maximum Gasteiger partial charge on any atom is 1.00 e. The van der Waals surface area contributed by atoms with Gasteiger partial charge in [0.15, 0.2) is 0 Å². The van der Waals surface area contributed by atoms with Crippen molar-refractivity contribution in [3.63, 3.8) is 0 Å². The number of piperidine rings is 1. The second-order valence-electron chi connectivity index (χ2n) is 7.41. The largest absolute Gasteiger partial charge is 1.00 e. The van der Waals surface area contributed by atoms with Gasteiger partial charge in [-0.05, 0) is 43.2 Å². The Kier molecular flexibility index (Phi) is 10.2. The van der Waals surface area contributed by atoms with Gasteiger partial charge in [0.1, 0.15) is 0 Å². The van der Waals surface area contributed by atoms with Crippen LogP contribution < -0.4 is 34.9 Å². The molecule has 0 bridgehead atoms. The second-order valence-corrected chi connectivity index (χ2v) is 8.80. The van der Waals surface area contributed by atoms with E-state index in [4.69, 9.17) is 9.47 Å². The van der Waals surface area contributed by atoms with E-state index < -0.39 is 10.8 Å². The number of fused-ring (bicyclic) bond motifs is 1. The molecule has 3 N–H and O–H groups in total. The molecule has 8 atom stereocenters. The standard InChI is InChI=1S/C17H30N3O3S.Na.H2O/c1-10-8-18-15(11(2)16(10)23-4)9-24(21)17-19-13-6-5-12(22-3)7-14(13)20-17;;/h10-16,18H,5-9H2,1-4H3;;1H2/q-1;+1;. The summed E-state index contributed by atoms with van der Waals surface area (Å²) < 4.78 is 23.9. The summed E-state index contributed by atoms with van der Waals surface area (Å²) in [4.78, 5) is 4.66. The average Bonchev–Trinajstić information content (AvgIpc) is 3.01. The SMILES string of the molecule is COC1CCC2[N-]C(S(=O)CC3NCC(C)C(OC)C3C)=NC2C1.O.[Na+]. The first-order valence-electron chi connectivity index (χ1n) is 8.99. The summed E-state index contributed by atoms with van der Waals surface area (Å²) >= 11 is 0. The van der Waals surface area contributed by atoms with Gasteiger partial charge in [-0.2, -0.15) is 0 Å². The third-order valence-electron chi connectivity index (χ3n) is 5.84. The van der Waals surface area contributed by atoms with Crippen LogP contribution >= 0.6 is 0 Å². The van der Waals surface area contributed by atoms with E-state index >= 15 is 0 Å². The Hall–Kier alpha value is 0.460. The molecule has 8 unspecified atom stereocenters. The molecule has 7 nitrogen and oxygen atoms in total. The Bertz CT molecular complexity index is 510. The van der Waals surface area contributed by atoms with Gasteiger partial charge in [-0.3, -0.25) is 4.21 Å². The smallest absolute Gasteiger partial charge is 0.455 e. The molecule has 0 aromatic heterocycles. The maximum atomic E-state index is 12.8. The number of hydrogen-bond acceptors (Lipinski definition) is 5. The van der Waals surface area contributed by atoms with Crippen molar-refractivity contribution in [2.24, 2.45) is 16.8 Å². The third kappa shape index (κ3) is 5.29. The molecule has 146 valence electrons. The van der Waals surface area contributed by atoms with E-state index in [1.165, 1.54) is 0 Å². The first-order chi connectivity index (χ1) is 11.5. The Morgan fingerprint density at radius 2 is 2.00 bits per heavy atom. The van der Waals surface area contributed by atoms with E-state index in [0.717, 1.165) is 25.8 Å². The molecule has 0 radical (unpaired) electrons. The summed E-state index contributed by atoms with van der Waals surface area (Å²) in [6.07, 6.45) is 3.37. The van der Waals surface area contributed by atoms with Crippen molar-refractivity contribution >= 4 is 16.0 Å². The Morgan fingerprint density at radius 3 is 2.65 bits per heavy atom. The normalized spacial score (nSPS) is 40.3. The van der Waals surface area contributed by atoms with Crippen LogP contribution in [-0.2, 0) is 20.3 Å². The van der Waals surface area contributed by atoms with E-state index in [-0.39, 0.29) is 65.4 Å². The van der Waals surface area contributed by atoms with Crippen molar-refractivity contribution < 1.29 is 48.7 Å². The number of nitrogens with one attached hydrogen (secondary N) is 1. The van der Waals surface area contributed by atoms with Gasteiger partial charge in [-0.1, -0.05) is 13.8 Å². The van der Waals surface area contributed by atoms with Crippen LogP contribution in [0.1, 0.15) is 33.1 Å². The van der Waals surface area contributed by atoms with Gasteiger partial charge in [-0.25, -0.2) is 0 Å². The topological polar surface area (TPSA) is 106 Å². The van der Waals surface area contributed by atoms with Crippen LogP contribution in [0.3, 0.4) is 0 Å². The zero-order valence-electron chi connectivity index (χ0n) is 16.6. The first-order valence-corrected chi connectivity index (χ1v) is 10.3. The first kappa shape index (κ1) is 24.5. The Labute approximate surface area is 181 Å². The molecule has 1 saturated carbocycles. The fourth-order valence-corrected chi connectivity index (χ4v) is 5.72. The minimum absolute atomic E-state index is 0. The molecule has 0 spiro atoms. The van der Waals surface area contributed by atoms with Gasteiger partial charge in [0.05, 0.1) is 12.2 Å². The van der Waals surface area contributed by atoms with E-state index in [0.29, 0.717) is 22.8 Å². The van der Waals surface area contributed by atoms with E-state index in [1.807, 2.05) is 0 Å². The third-order valence-corrected chi connectivity index (χ3v) is 7.12. The summed E-state index contributed by atoms with van der Waals surface area (Å²) in [6.45, 7) is 5.27. The van der Waals surface area contributed by atoms with Crippen LogP contribution in [0.2, 0.25) is 0 Å². The van der Waals surface area contributed by atoms with E-state index in [1.54, 1.807) is 14.2 Å². The number of rotatable bonds is 4. The Balaban J connectivity index is 0.00000169. The maximum absolute atomic E-state index is 12.8. The molecule has 2 aliphatic heterocycles. The molecule has 26 heavy (non-hydrogen) atoms. The quantitative estimate of drug-likeness (QED) is 0.546. The van der Waals surface area contributed by atoms with Crippen molar-refractivity contribution in [2.75, 3.05) is 26.5 Å². The molecule has 1 aliphatic carbocycles. The Morgan fingerprint density at radius 1 is 1.27 bits per heavy atom. The van der Waals surface area contributed by atoms with Crippen LogP contribution in [0.15, 0.2) is 4.99 Å². The number of methoxy groups -OCH3 is 2. The summed E-state index contributed by atoms with van der Waals surface area (Å²) in [7, 11) is 2.37. The van der Waals surface area contributed by atoms with E-state index in [9.17, 15) is 4.21 Å². The fraction of sp³-hybridized carbons (Fsp3) is 0.941. The van der Waals surface area contributed by atoms with Crippen molar-refractivity contribution in [3.05, 3.63) is 5.32 Å². The van der Waals surface area contributed by atoms with Gasteiger partial charge < -0.3 is 30.6 Å². The number of ether oxygens (including phenoxy) is 2. The number of nitrogens with zero attached hydrogens (tertiary/aromatic N) is 2. The number of amidine groups is 1. The van der Waals surface area contributed by atoms with Crippen LogP contribution in [-0.4, -0.2) is 71.7 Å². The van der Waals surface area contributed by atoms with Crippen molar-refractivity contribution in [1.29, 1.82) is 0 Å². The minimum atomic E-state index is -1.15. The van der Waals surface area contributed by atoms with Crippen LogP contribution in [0.5, 0.6) is 0 Å². The molecule has 2 heterocycles. The molecule has 3 aliphatic rings. The van der Waals surface area contributed by atoms with Crippen LogP contribution in [0.25, 0.3) is 5.32 Å². The van der Waals surface area contributed by atoms with E-state index in [2.05, 4.69) is 29.5 Å². The van der Waals surface area contributed by atoms with Crippen LogP contribution in [0.4, 0.5) is 0 Å². The molecule has 9 heteroatoms. The van der Waals surface area contributed by atoms with Gasteiger partial charge in [0.2, 0.25) is 0 Å². The zero-order chi connectivity index (χ0) is 17.3. The van der Waals surface area contributed by atoms with Crippen molar-refractivity contribution in [3.8, 4) is 0 Å². The molecular weight excluding hydrogens is 365 g/mol. The van der Waals surface area contributed by atoms with Crippen molar-refractivity contribution in [1.82, 2.24) is 5.32 Å². The summed E-state index contributed by atoms with van der Waals surface area (Å²) in [6, 6.07) is 0.546. The van der Waals surface area contributed by atoms with Gasteiger partial charge >= 0.3 is 29.6 Å². The van der Waals surface area contributed by atoms with Crippen molar-refractivity contribution in [2.45, 2.75) is 63.4 Å². The number of aliphatic imine (C=N–C) groups is 1. The number of hydrogen-bond donors (Lipinski definition) is 1. The molecule has 0 aromatic rings. The average molecular weight is 398 g/mol.